The lowest BCUT2D eigenvalue weighted by Gasteiger charge is -2.31. The number of nitrogens with one attached hydrogen (secondary N) is 2. The highest BCUT2D eigenvalue weighted by molar-refractivity contribution is 7.89. The molecule has 1 aliphatic heterocycles. The Morgan fingerprint density at radius 2 is 2.03 bits per heavy atom. The average molecular weight is 493 g/mol. The second kappa shape index (κ2) is 9.51. The molecule has 5 rings (SSSR count). The monoisotopic (exact) mass is 492 g/mol. The second-order valence-electron chi connectivity index (χ2n) is 9.43. The van der Waals surface area contributed by atoms with Crippen molar-refractivity contribution in [1.29, 1.82) is 0 Å². The molecule has 2 aromatic heterocycles. The third-order valence-electron chi connectivity index (χ3n) is 7.09. The lowest BCUT2D eigenvalue weighted by Crippen LogP contribution is -2.45. The van der Waals surface area contributed by atoms with Crippen LogP contribution in [0.25, 0.3) is 21.8 Å². The second-order valence-corrected chi connectivity index (χ2v) is 11.4. The van der Waals surface area contributed by atoms with Crippen molar-refractivity contribution in [3.05, 3.63) is 66.0 Å². The van der Waals surface area contributed by atoms with Crippen molar-refractivity contribution >= 4 is 37.7 Å². The number of fused-ring (bicyclic) bond motifs is 2. The Hall–Kier alpha value is -3.10. The van der Waals surface area contributed by atoms with Crippen LogP contribution in [0.15, 0.2) is 59.8 Å². The number of carbonyl (C=O) groups excluding carboxylic acids is 1. The molecule has 0 unspecified atom stereocenters. The van der Waals surface area contributed by atoms with Crippen molar-refractivity contribution in [1.82, 2.24) is 19.2 Å². The minimum absolute atomic E-state index is 0.0728. The number of piperidine rings is 1. The lowest BCUT2D eigenvalue weighted by molar-refractivity contribution is -0.126. The quantitative estimate of drug-likeness (QED) is 0.405. The Labute approximate surface area is 206 Å². The zero-order valence-electron chi connectivity index (χ0n) is 20.3. The number of aromatic nitrogens is 2. The van der Waals surface area contributed by atoms with Gasteiger partial charge in [-0.05, 0) is 75.1 Å². The Morgan fingerprint density at radius 1 is 1.17 bits per heavy atom. The molecule has 1 atom stereocenters. The van der Waals surface area contributed by atoms with E-state index in [2.05, 4.69) is 46.9 Å². The van der Waals surface area contributed by atoms with Crippen molar-refractivity contribution in [2.45, 2.75) is 44.6 Å². The fourth-order valence-corrected chi connectivity index (χ4v) is 6.66. The molecule has 0 aliphatic carbocycles. The highest BCUT2D eigenvalue weighted by Crippen LogP contribution is 2.27. The fourth-order valence-electron chi connectivity index (χ4n) is 5.10. The summed E-state index contributed by atoms with van der Waals surface area (Å²) in [6, 6.07) is 13.5. The molecule has 0 saturated carbocycles. The van der Waals surface area contributed by atoms with Gasteiger partial charge in [-0.3, -0.25) is 4.79 Å². The number of rotatable bonds is 7. The first kappa shape index (κ1) is 23.6. The van der Waals surface area contributed by atoms with Gasteiger partial charge in [-0.1, -0.05) is 11.6 Å². The molecule has 1 amide bonds. The van der Waals surface area contributed by atoms with Gasteiger partial charge in [-0.25, -0.2) is 8.42 Å². The van der Waals surface area contributed by atoms with Gasteiger partial charge in [0, 0.05) is 60.4 Å². The molecule has 35 heavy (non-hydrogen) atoms. The Kier molecular flexibility index (Phi) is 6.42. The minimum Gasteiger partial charge on any atom is -0.361 e. The molecule has 1 aliphatic rings. The first-order valence-corrected chi connectivity index (χ1v) is 13.7. The van der Waals surface area contributed by atoms with E-state index in [1.165, 1.54) is 20.8 Å². The van der Waals surface area contributed by atoms with Crippen LogP contribution in [0.1, 0.15) is 30.9 Å². The van der Waals surface area contributed by atoms with Gasteiger partial charge in [0.1, 0.15) is 0 Å². The van der Waals surface area contributed by atoms with E-state index in [0.29, 0.717) is 25.9 Å². The number of benzene rings is 2. The van der Waals surface area contributed by atoms with Crippen molar-refractivity contribution < 1.29 is 13.2 Å². The number of hydrogen-bond donors (Lipinski definition) is 2. The molecule has 0 spiro atoms. The number of nitrogens with zero attached hydrogens (tertiary/aromatic N) is 2. The summed E-state index contributed by atoms with van der Waals surface area (Å²) >= 11 is 0. The summed E-state index contributed by atoms with van der Waals surface area (Å²) in [5, 5.41) is 5.13. The van der Waals surface area contributed by atoms with Crippen LogP contribution in [0.5, 0.6) is 0 Å². The van der Waals surface area contributed by atoms with Crippen LogP contribution in [-0.4, -0.2) is 47.8 Å². The van der Waals surface area contributed by atoms with Gasteiger partial charge < -0.3 is 14.9 Å². The molecule has 1 saturated heterocycles. The van der Waals surface area contributed by atoms with E-state index in [0.717, 1.165) is 29.4 Å². The van der Waals surface area contributed by atoms with E-state index >= 15 is 0 Å². The summed E-state index contributed by atoms with van der Waals surface area (Å²) < 4.78 is 30.3. The van der Waals surface area contributed by atoms with Crippen LogP contribution in [0.3, 0.4) is 0 Å². The molecular weight excluding hydrogens is 460 g/mol. The van der Waals surface area contributed by atoms with Crippen molar-refractivity contribution in [3.63, 3.8) is 0 Å². The zero-order valence-corrected chi connectivity index (χ0v) is 21.1. The van der Waals surface area contributed by atoms with E-state index < -0.39 is 10.0 Å². The molecule has 0 bridgehead atoms. The first-order chi connectivity index (χ1) is 16.9. The Morgan fingerprint density at radius 3 is 2.86 bits per heavy atom. The molecule has 3 heterocycles. The van der Waals surface area contributed by atoms with Crippen molar-refractivity contribution in [2.75, 3.05) is 19.6 Å². The van der Waals surface area contributed by atoms with E-state index in [1.807, 2.05) is 24.5 Å². The summed E-state index contributed by atoms with van der Waals surface area (Å²) in [6.45, 7) is 6.14. The Balaban J connectivity index is 1.23. The highest BCUT2D eigenvalue weighted by Gasteiger charge is 2.33. The van der Waals surface area contributed by atoms with E-state index in [9.17, 15) is 13.2 Å². The maximum atomic E-state index is 13.4. The van der Waals surface area contributed by atoms with E-state index in [4.69, 9.17) is 0 Å². The summed E-state index contributed by atoms with van der Waals surface area (Å²) in [7, 11) is -3.66. The van der Waals surface area contributed by atoms with Gasteiger partial charge in [0.2, 0.25) is 15.9 Å². The lowest BCUT2D eigenvalue weighted by atomic mass is 9.98. The number of carbonyl (C=O) groups is 1. The van der Waals surface area contributed by atoms with Gasteiger partial charge in [0.25, 0.3) is 0 Å². The third kappa shape index (κ3) is 4.60. The van der Waals surface area contributed by atoms with Crippen LogP contribution in [0.4, 0.5) is 0 Å². The zero-order chi connectivity index (χ0) is 24.6. The highest BCUT2D eigenvalue weighted by atomic mass is 32.2. The average Bonchev–Trinajstić information content (AvgIpc) is 3.47. The predicted molar refractivity (Wildman–Crippen MR) is 139 cm³/mol. The topological polar surface area (TPSA) is 87.2 Å². The largest absolute Gasteiger partial charge is 0.361 e. The fraction of sp³-hybridized carbons (Fsp3) is 0.370. The maximum Gasteiger partial charge on any atom is 0.243 e. The number of hydrogen-bond acceptors (Lipinski definition) is 3. The summed E-state index contributed by atoms with van der Waals surface area (Å²) in [5.41, 5.74) is 4.49. The van der Waals surface area contributed by atoms with Gasteiger partial charge in [-0.2, -0.15) is 4.31 Å². The molecule has 2 N–H and O–H groups in total. The molecule has 184 valence electrons. The Bertz CT molecular complexity index is 1480. The number of sulfonamides is 1. The van der Waals surface area contributed by atoms with E-state index in [-0.39, 0.29) is 23.3 Å². The molecule has 2 aromatic carbocycles. The van der Waals surface area contributed by atoms with E-state index in [1.54, 1.807) is 12.1 Å². The minimum atomic E-state index is -3.66. The molecule has 8 heteroatoms. The van der Waals surface area contributed by atoms with Gasteiger partial charge >= 0.3 is 0 Å². The first-order valence-electron chi connectivity index (χ1n) is 12.3. The number of H-pyrrole nitrogens is 1. The molecule has 7 nitrogen and oxygen atoms in total. The van der Waals surface area contributed by atoms with Gasteiger partial charge in [-0.15, -0.1) is 0 Å². The number of aromatic amines is 1. The van der Waals surface area contributed by atoms with Crippen molar-refractivity contribution in [3.8, 4) is 0 Å². The number of aryl methyl sites for hydroxylation is 2. The molecule has 0 radical (unpaired) electrons. The smallest absolute Gasteiger partial charge is 0.243 e. The molecular formula is C27H32N4O3S. The van der Waals surface area contributed by atoms with Crippen LogP contribution in [0.2, 0.25) is 0 Å². The van der Waals surface area contributed by atoms with Crippen LogP contribution in [-0.2, 0) is 27.8 Å². The summed E-state index contributed by atoms with van der Waals surface area (Å²) in [4.78, 5) is 16.5. The van der Waals surface area contributed by atoms with Gasteiger partial charge in [0.15, 0.2) is 0 Å². The van der Waals surface area contributed by atoms with Crippen LogP contribution in [0, 0.1) is 12.8 Å². The predicted octanol–water partition coefficient (Wildman–Crippen LogP) is 4.21. The SMILES string of the molecule is CCn1ccc2cc(S(=O)(=O)N3CCC[C@@H](C(=O)NCCc4c[nH]c5ccc(C)cc45)C3)ccc21. The third-order valence-corrected chi connectivity index (χ3v) is 8.95. The standard InChI is InChI=1S/C27H32N4O3S/c1-3-30-14-11-20-16-23(7-9-26(20)30)35(33,34)31-13-4-5-22(18-31)27(32)28-12-10-21-17-29-25-8-6-19(2)15-24(21)25/h6-9,11,14-17,22,29H,3-5,10,12-13,18H2,1-2H3,(H,28,32)/t22-/m1/s1. The van der Waals surface area contributed by atoms with Crippen molar-refractivity contribution in [2.24, 2.45) is 5.92 Å². The summed E-state index contributed by atoms with van der Waals surface area (Å²) in [6.07, 6.45) is 6.06. The molecule has 4 aromatic rings. The number of amides is 1. The van der Waals surface area contributed by atoms with Gasteiger partial charge in [0.05, 0.1) is 10.8 Å². The molecule has 1 fully saturated rings. The summed E-state index contributed by atoms with van der Waals surface area (Å²) in [5.74, 6) is -0.412. The maximum absolute atomic E-state index is 13.4. The normalized spacial score (nSPS) is 17.3. The van der Waals surface area contributed by atoms with Crippen LogP contribution < -0.4 is 5.32 Å². The van der Waals surface area contributed by atoms with Crippen LogP contribution >= 0.6 is 0 Å².